The monoisotopic (exact) mass is 334 g/mol. The van der Waals surface area contributed by atoms with Crippen molar-refractivity contribution in [3.05, 3.63) is 54.6 Å². The zero-order valence-electron chi connectivity index (χ0n) is 12.5. The van der Waals surface area contributed by atoms with Crippen LogP contribution < -0.4 is 14.1 Å². The smallest absolute Gasteiger partial charge is 0.264 e. The van der Waals surface area contributed by atoms with Crippen molar-refractivity contribution in [2.75, 3.05) is 17.5 Å². The second-order valence-electron chi connectivity index (χ2n) is 4.60. The molecule has 0 saturated heterocycles. The highest BCUT2D eigenvalue weighted by molar-refractivity contribution is 7.92. The molecule has 2 rings (SSSR count). The number of nitrogens with zero attached hydrogens (tertiary/aromatic N) is 1. The van der Waals surface area contributed by atoms with Gasteiger partial charge in [0.1, 0.15) is 5.75 Å². The molecular formula is C16H16NO5S-. The minimum atomic E-state index is -4.06. The number of aliphatic carboxylic acids is 1. The molecule has 0 aromatic heterocycles. The molecule has 0 unspecified atom stereocenters. The maximum atomic E-state index is 12.8. The van der Waals surface area contributed by atoms with Gasteiger partial charge in [-0.15, -0.1) is 0 Å². The predicted molar refractivity (Wildman–Crippen MR) is 83.6 cm³/mol. The minimum absolute atomic E-state index is 0.00690. The molecular weight excluding hydrogens is 318 g/mol. The quantitative estimate of drug-likeness (QED) is 0.755. The number of carbonyl (C=O) groups is 1. The summed E-state index contributed by atoms with van der Waals surface area (Å²) in [6, 6.07) is 14.0. The van der Waals surface area contributed by atoms with Gasteiger partial charge >= 0.3 is 0 Å². The summed E-state index contributed by atoms with van der Waals surface area (Å²) in [7, 11) is -4.06. The average molecular weight is 334 g/mol. The maximum absolute atomic E-state index is 12.8. The normalized spacial score (nSPS) is 11.0. The van der Waals surface area contributed by atoms with Gasteiger partial charge in [-0.2, -0.15) is 0 Å². The van der Waals surface area contributed by atoms with Gasteiger partial charge in [0.15, 0.2) is 0 Å². The first-order valence-corrected chi connectivity index (χ1v) is 8.40. The first-order chi connectivity index (χ1) is 11.0. The number of sulfonamides is 1. The van der Waals surface area contributed by atoms with E-state index in [4.69, 9.17) is 4.74 Å². The van der Waals surface area contributed by atoms with E-state index >= 15 is 0 Å². The van der Waals surface area contributed by atoms with Crippen molar-refractivity contribution in [2.45, 2.75) is 11.8 Å². The van der Waals surface area contributed by atoms with Gasteiger partial charge in [-0.3, -0.25) is 4.31 Å². The van der Waals surface area contributed by atoms with Gasteiger partial charge in [-0.05, 0) is 31.2 Å². The molecule has 2 aromatic rings. The Hall–Kier alpha value is -2.54. The Bertz CT molecular complexity index is 774. The fourth-order valence-electron chi connectivity index (χ4n) is 2.08. The summed E-state index contributed by atoms with van der Waals surface area (Å²) in [5, 5.41) is 11.1. The van der Waals surface area contributed by atoms with Gasteiger partial charge in [0.25, 0.3) is 10.0 Å². The van der Waals surface area contributed by atoms with Crippen molar-refractivity contribution in [1.82, 2.24) is 0 Å². The van der Waals surface area contributed by atoms with Crippen molar-refractivity contribution < 1.29 is 23.1 Å². The van der Waals surface area contributed by atoms with Crippen LogP contribution in [-0.2, 0) is 14.8 Å². The van der Waals surface area contributed by atoms with E-state index in [1.54, 1.807) is 43.3 Å². The highest BCUT2D eigenvalue weighted by Crippen LogP contribution is 2.32. The molecule has 0 bridgehead atoms. The summed E-state index contributed by atoms with van der Waals surface area (Å²) >= 11 is 0. The number of hydrogen-bond acceptors (Lipinski definition) is 5. The van der Waals surface area contributed by atoms with Crippen molar-refractivity contribution in [1.29, 1.82) is 0 Å². The second kappa shape index (κ2) is 7.15. The molecule has 0 aliphatic rings. The molecule has 0 aliphatic carbocycles. The van der Waals surface area contributed by atoms with Crippen LogP contribution in [0.25, 0.3) is 0 Å². The van der Waals surface area contributed by atoms with E-state index in [1.165, 1.54) is 18.2 Å². The van der Waals surface area contributed by atoms with Crippen LogP contribution in [0.15, 0.2) is 59.5 Å². The highest BCUT2D eigenvalue weighted by Gasteiger charge is 2.27. The molecule has 23 heavy (non-hydrogen) atoms. The SMILES string of the molecule is CCOc1ccccc1N(CC(=O)[O-])S(=O)(=O)c1ccccc1. The van der Waals surface area contributed by atoms with Crippen molar-refractivity contribution in [3.8, 4) is 5.75 Å². The van der Waals surface area contributed by atoms with Gasteiger partial charge in [-0.25, -0.2) is 8.42 Å². The molecule has 0 heterocycles. The van der Waals surface area contributed by atoms with Gasteiger partial charge in [0.05, 0.1) is 29.7 Å². The Balaban J connectivity index is 2.57. The molecule has 0 radical (unpaired) electrons. The molecule has 2 aromatic carbocycles. The molecule has 0 fully saturated rings. The lowest BCUT2D eigenvalue weighted by Gasteiger charge is -2.26. The molecule has 0 N–H and O–H groups in total. The van der Waals surface area contributed by atoms with Crippen LogP contribution in [0.2, 0.25) is 0 Å². The van der Waals surface area contributed by atoms with E-state index in [0.717, 1.165) is 4.31 Å². The first kappa shape index (κ1) is 16.8. The Labute approximate surface area is 135 Å². The molecule has 0 aliphatic heterocycles. The van der Waals surface area contributed by atoms with E-state index in [-0.39, 0.29) is 16.3 Å². The van der Waals surface area contributed by atoms with E-state index in [1.807, 2.05) is 0 Å². The van der Waals surface area contributed by atoms with E-state index in [9.17, 15) is 18.3 Å². The number of anilines is 1. The summed E-state index contributed by atoms with van der Waals surface area (Å²) < 4.78 is 31.8. The number of benzene rings is 2. The molecule has 7 heteroatoms. The molecule has 0 spiro atoms. The standard InChI is InChI=1S/C16H17NO5S/c1-2-22-15-11-7-6-10-14(15)17(12-16(18)19)23(20,21)13-8-4-3-5-9-13/h3-11H,2,12H2,1H3,(H,18,19)/p-1. The third-order valence-electron chi connectivity index (χ3n) is 3.04. The fourth-order valence-corrected chi connectivity index (χ4v) is 3.52. The van der Waals surface area contributed by atoms with E-state index < -0.39 is 22.5 Å². The Kier molecular flexibility index (Phi) is 5.23. The molecule has 6 nitrogen and oxygen atoms in total. The van der Waals surface area contributed by atoms with Crippen LogP contribution in [0, 0.1) is 0 Å². The topological polar surface area (TPSA) is 86.7 Å². The third-order valence-corrected chi connectivity index (χ3v) is 4.81. The second-order valence-corrected chi connectivity index (χ2v) is 6.46. The number of carbonyl (C=O) groups excluding carboxylic acids is 1. The van der Waals surface area contributed by atoms with Crippen molar-refractivity contribution in [2.24, 2.45) is 0 Å². The minimum Gasteiger partial charge on any atom is -0.548 e. The van der Waals surface area contributed by atoms with Crippen LogP contribution in [0.4, 0.5) is 5.69 Å². The lowest BCUT2D eigenvalue weighted by Crippen LogP contribution is -2.41. The largest absolute Gasteiger partial charge is 0.548 e. The summed E-state index contributed by atoms with van der Waals surface area (Å²) in [5.41, 5.74) is 0.155. The van der Waals surface area contributed by atoms with Crippen LogP contribution in [0.5, 0.6) is 5.75 Å². The fraction of sp³-hybridized carbons (Fsp3) is 0.188. The zero-order chi connectivity index (χ0) is 16.9. The van der Waals surface area contributed by atoms with Crippen LogP contribution >= 0.6 is 0 Å². The summed E-state index contributed by atoms with van der Waals surface area (Å²) in [6.45, 7) is 1.27. The third kappa shape index (κ3) is 3.81. The van der Waals surface area contributed by atoms with Crippen LogP contribution in [0.3, 0.4) is 0 Å². The van der Waals surface area contributed by atoms with E-state index in [2.05, 4.69) is 0 Å². The maximum Gasteiger partial charge on any atom is 0.264 e. The van der Waals surface area contributed by atoms with Gasteiger partial charge in [-0.1, -0.05) is 30.3 Å². The van der Waals surface area contributed by atoms with Gasteiger partial charge < -0.3 is 14.6 Å². The lowest BCUT2D eigenvalue weighted by molar-refractivity contribution is -0.303. The number of hydrogen-bond donors (Lipinski definition) is 0. The first-order valence-electron chi connectivity index (χ1n) is 6.96. The molecule has 122 valence electrons. The number of carboxylic acid groups (broad SMARTS) is 1. The van der Waals surface area contributed by atoms with Crippen molar-refractivity contribution >= 4 is 21.7 Å². The zero-order valence-corrected chi connectivity index (χ0v) is 13.3. The Morgan fingerprint density at radius 1 is 1.09 bits per heavy atom. The van der Waals surface area contributed by atoms with Crippen LogP contribution in [0.1, 0.15) is 6.92 Å². The number of ether oxygens (including phenoxy) is 1. The molecule has 0 amide bonds. The Morgan fingerprint density at radius 2 is 1.70 bits per heavy atom. The summed E-state index contributed by atoms with van der Waals surface area (Å²) in [5.74, 6) is -1.22. The average Bonchev–Trinajstić information content (AvgIpc) is 2.54. The van der Waals surface area contributed by atoms with Gasteiger partial charge in [0, 0.05) is 0 Å². The number of carboxylic acids is 1. The Morgan fingerprint density at radius 3 is 2.30 bits per heavy atom. The van der Waals surface area contributed by atoms with Crippen molar-refractivity contribution in [3.63, 3.8) is 0 Å². The highest BCUT2D eigenvalue weighted by atomic mass is 32.2. The molecule has 0 saturated carbocycles. The van der Waals surface area contributed by atoms with Crippen LogP contribution in [-0.4, -0.2) is 27.5 Å². The number of rotatable bonds is 7. The summed E-state index contributed by atoms with van der Waals surface area (Å²) in [6.07, 6.45) is 0. The van der Waals surface area contributed by atoms with Gasteiger partial charge in [0.2, 0.25) is 0 Å². The number of para-hydroxylation sites is 2. The molecule has 0 atom stereocenters. The summed E-state index contributed by atoms with van der Waals surface area (Å²) in [4.78, 5) is 11.1. The predicted octanol–water partition coefficient (Wildman–Crippen LogP) is 1.03. The lowest BCUT2D eigenvalue weighted by atomic mass is 10.3. The van der Waals surface area contributed by atoms with E-state index in [0.29, 0.717) is 6.61 Å².